The fourth-order valence-corrected chi connectivity index (χ4v) is 2.96. The molecule has 2 aromatic carbocycles. The molecule has 134 valence electrons. The molecule has 6 heteroatoms. The van der Waals surface area contributed by atoms with Gasteiger partial charge in [-0.25, -0.2) is 0 Å². The molecule has 0 saturated carbocycles. The Bertz CT molecular complexity index is 997. The van der Waals surface area contributed by atoms with E-state index in [-0.39, 0.29) is 23.9 Å². The number of likely N-dealkylation sites (N-methyl/N-ethyl adjacent to an activating group) is 1. The number of hydrogen-bond acceptors (Lipinski definition) is 4. The first-order chi connectivity index (χ1) is 12.5. The van der Waals surface area contributed by atoms with Crippen LogP contribution in [-0.2, 0) is 11.3 Å². The second-order valence-electron chi connectivity index (χ2n) is 6.11. The molecule has 1 aromatic heterocycles. The van der Waals surface area contributed by atoms with Crippen LogP contribution in [0.5, 0.6) is 5.75 Å². The highest BCUT2D eigenvalue weighted by Crippen LogP contribution is 2.28. The summed E-state index contributed by atoms with van der Waals surface area (Å²) < 4.78 is 6.96. The molecule has 1 atom stereocenters. The van der Waals surface area contributed by atoms with E-state index in [1.165, 1.54) is 6.20 Å². The van der Waals surface area contributed by atoms with Crippen molar-refractivity contribution in [2.24, 2.45) is 0 Å². The molecule has 6 nitrogen and oxygen atoms in total. The van der Waals surface area contributed by atoms with Crippen LogP contribution >= 0.6 is 0 Å². The maximum atomic E-state index is 12.8. The van der Waals surface area contributed by atoms with E-state index in [9.17, 15) is 9.59 Å². The van der Waals surface area contributed by atoms with Gasteiger partial charge in [0.15, 0.2) is 0 Å². The van der Waals surface area contributed by atoms with Crippen molar-refractivity contribution in [3.8, 4) is 5.75 Å². The molecule has 3 rings (SSSR count). The lowest BCUT2D eigenvalue weighted by molar-refractivity contribution is -0.132. The molecule has 0 spiro atoms. The maximum Gasteiger partial charge on any atom is 0.244 e. The maximum absolute atomic E-state index is 12.8. The first-order valence-electron chi connectivity index (χ1n) is 8.36. The van der Waals surface area contributed by atoms with Gasteiger partial charge in [-0.15, -0.1) is 0 Å². The lowest BCUT2D eigenvalue weighted by Crippen LogP contribution is -2.33. The lowest BCUT2D eigenvalue weighted by atomic mass is 10.1. The molecule has 3 aromatic rings. The van der Waals surface area contributed by atoms with Gasteiger partial charge >= 0.3 is 0 Å². The highest BCUT2D eigenvalue weighted by Gasteiger charge is 2.21. The van der Waals surface area contributed by atoms with Crippen LogP contribution in [0.2, 0.25) is 0 Å². The van der Waals surface area contributed by atoms with Crippen LogP contribution in [0, 0.1) is 0 Å². The largest absolute Gasteiger partial charge is 0.496 e. The number of hydrogen-bond donors (Lipinski definition) is 0. The Morgan fingerprint density at radius 3 is 2.65 bits per heavy atom. The van der Waals surface area contributed by atoms with Crippen LogP contribution in [0.4, 0.5) is 0 Å². The van der Waals surface area contributed by atoms with Crippen LogP contribution < -0.4 is 10.2 Å². The zero-order valence-electron chi connectivity index (χ0n) is 15.0. The number of carbonyl (C=O) groups excluding carboxylic acids is 1. The van der Waals surface area contributed by atoms with Crippen molar-refractivity contribution < 1.29 is 9.53 Å². The molecule has 0 fully saturated rings. The lowest BCUT2D eigenvalue weighted by Gasteiger charge is -2.27. The zero-order valence-corrected chi connectivity index (χ0v) is 15.0. The number of para-hydroxylation sites is 2. The van der Waals surface area contributed by atoms with Crippen molar-refractivity contribution in [1.29, 1.82) is 0 Å². The average Bonchev–Trinajstić information content (AvgIpc) is 2.69. The average molecular weight is 351 g/mol. The Kier molecular flexibility index (Phi) is 5.02. The van der Waals surface area contributed by atoms with Gasteiger partial charge in [0.2, 0.25) is 11.3 Å². The number of amides is 1. The van der Waals surface area contributed by atoms with E-state index in [0.29, 0.717) is 10.9 Å². The first kappa shape index (κ1) is 17.7. The topological polar surface area (TPSA) is 64.4 Å². The summed E-state index contributed by atoms with van der Waals surface area (Å²) in [5, 5.41) is 4.68. The summed E-state index contributed by atoms with van der Waals surface area (Å²) in [7, 11) is 3.37. The Balaban J connectivity index is 1.86. The Hall–Kier alpha value is -3.15. The second-order valence-corrected chi connectivity index (χ2v) is 6.11. The molecule has 1 heterocycles. The SMILES string of the molecule is COc1ccccc1C(C)N(C)C(=O)Cn1ncc(=O)c2ccccc21. The highest BCUT2D eigenvalue weighted by molar-refractivity contribution is 5.81. The first-order valence-corrected chi connectivity index (χ1v) is 8.36. The summed E-state index contributed by atoms with van der Waals surface area (Å²) in [4.78, 5) is 26.4. The molecule has 0 saturated heterocycles. The number of ether oxygens (including phenoxy) is 1. The zero-order chi connectivity index (χ0) is 18.7. The predicted octanol–water partition coefficient (Wildman–Crippen LogP) is 2.62. The number of fused-ring (bicyclic) bond motifs is 1. The summed E-state index contributed by atoms with van der Waals surface area (Å²) in [5.74, 6) is 0.635. The molecular weight excluding hydrogens is 330 g/mol. The number of rotatable bonds is 5. The predicted molar refractivity (Wildman–Crippen MR) is 100 cm³/mol. The van der Waals surface area contributed by atoms with Gasteiger partial charge in [-0.05, 0) is 25.1 Å². The van der Waals surface area contributed by atoms with Crippen LogP contribution in [0.3, 0.4) is 0 Å². The summed E-state index contributed by atoms with van der Waals surface area (Å²) in [6, 6.07) is 14.6. The van der Waals surface area contributed by atoms with Gasteiger partial charge < -0.3 is 9.64 Å². The van der Waals surface area contributed by atoms with Crippen LogP contribution in [0.25, 0.3) is 10.9 Å². The van der Waals surface area contributed by atoms with E-state index in [2.05, 4.69) is 5.10 Å². The third-order valence-electron chi connectivity index (χ3n) is 4.61. The van der Waals surface area contributed by atoms with Crippen molar-refractivity contribution >= 4 is 16.8 Å². The van der Waals surface area contributed by atoms with E-state index < -0.39 is 0 Å². The van der Waals surface area contributed by atoms with Crippen molar-refractivity contribution in [2.75, 3.05) is 14.2 Å². The summed E-state index contributed by atoms with van der Waals surface area (Å²) in [6.07, 6.45) is 1.25. The minimum absolute atomic E-state index is 0.0524. The van der Waals surface area contributed by atoms with E-state index in [1.54, 1.807) is 41.9 Å². The molecule has 1 amide bonds. The smallest absolute Gasteiger partial charge is 0.244 e. The third kappa shape index (κ3) is 3.31. The molecular formula is C20H21N3O3. The monoisotopic (exact) mass is 351 g/mol. The highest BCUT2D eigenvalue weighted by atomic mass is 16.5. The summed E-state index contributed by atoms with van der Waals surface area (Å²) in [6.45, 7) is 2.00. The van der Waals surface area contributed by atoms with Gasteiger partial charge in [-0.2, -0.15) is 5.10 Å². The van der Waals surface area contributed by atoms with Crippen LogP contribution in [-0.4, -0.2) is 34.7 Å². The number of aromatic nitrogens is 2. The number of nitrogens with zero attached hydrogens (tertiary/aromatic N) is 3. The molecule has 1 unspecified atom stereocenters. The molecule has 0 aliphatic heterocycles. The van der Waals surface area contributed by atoms with Crippen LogP contribution in [0.1, 0.15) is 18.5 Å². The van der Waals surface area contributed by atoms with Gasteiger partial charge in [-0.3, -0.25) is 14.3 Å². The molecule has 0 N–H and O–H groups in total. The van der Waals surface area contributed by atoms with E-state index >= 15 is 0 Å². The summed E-state index contributed by atoms with van der Waals surface area (Å²) >= 11 is 0. The summed E-state index contributed by atoms with van der Waals surface area (Å²) in [5.41, 5.74) is 1.43. The number of carbonyl (C=O) groups is 1. The molecule has 26 heavy (non-hydrogen) atoms. The van der Waals surface area contributed by atoms with Crippen molar-refractivity contribution in [3.63, 3.8) is 0 Å². The van der Waals surface area contributed by atoms with Crippen molar-refractivity contribution in [1.82, 2.24) is 14.7 Å². The van der Waals surface area contributed by atoms with Gasteiger partial charge in [0.05, 0.1) is 24.9 Å². The third-order valence-corrected chi connectivity index (χ3v) is 4.61. The second kappa shape index (κ2) is 7.39. The number of benzene rings is 2. The quantitative estimate of drug-likeness (QED) is 0.709. The van der Waals surface area contributed by atoms with Crippen molar-refractivity contribution in [2.45, 2.75) is 19.5 Å². The Morgan fingerprint density at radius 1 is 1.19 bits per heavy atom. The normalized spacial score (nSPS) is 12.0. The Morgan fingerprint density at radius 2 is 1.88 bits per heavy atom. The fourth-order valence-electron chi connectivity index (χ4n) is 2.96. The van der Waals surface area contributed by atoms with Crippen molar-refractivity contribution in [3.05, 3.63) is 70.5 Å². The molecule has 0 radical (unpaired) electrons. The number of methoxy groups -OCH3 is 1. The van der Waals surface area contributed by atoms with Gasteiger partial charge in [-0.1, -0.05) is 30.3 Å². The minimum Gasteiger partial charge on any atom is -0.496 e. The van der Waals surface area contributed by atoms with Gasteiger partial charge in [0, 0.05) is 18.0 Å². The van der Waals surface area contributed by atoms with Gasteiger partial charge in [0.1, 0.15) is 12.3 Å². The minimum atomic E-state index is -0.163. The standard InChI is InChI=1S/C20H21N3O3/c1-14(15-8-5-7-11-19(15)26-3)22(2)20(25)13-23-17-10-6-4-9-16(17)18(24)12-21-23/h4-12,14H,13H2,1-3H3. The van der Waals surface area contributed by atoms with E-state index in [0.717, 1.165) is 11.3 Å². The molecule has 0 aliphatic rings. The fraction of sp³-hybridized carbons (Fsp3) is 0.250. The molecule has 0 aliphatic carbocycles. The van der Waals surface area contributed by atoms with E-state index in [1.807, 2.05) is 37.3 Å². The molecule has 0 bridgehead atoms. The van der Waals surface area contributed by atoms with Crippen LogP contribution in [0.15, 0.2) is 59.5 Å². The Labute approximate surface area is 151 Å². The van der Waals surface area contributed by atoms with E-state index in [4.69, 9.17) is 4.74 Å². The van der Waals surface area contributed by atoms with Gasteiger partial charge in [0.25, 0.3) is 0 Å².